The van der Waals surface area contributed by atoms with Crippen molar-refractivity contribution in [3.8, 4) is 0 Å². The van der Waals surface area contributed by atoms with Crippen molar-refractivity contribution in [2.45, 2.75) is 77.5 Å². The number of rotatable bonds is 11. The fraction of sp³-hybridized carbons (Fsp3) is 0.778. The molecule has 0 spiro atoms. The molecule has 1 aliphatic carbocycles. The van der Waals surface area contributed by atoms with Crippen LogP contribution in [0.4, 0.5) is 0 Å². The number of Topliss-reactive ketones (excluding diaryl/α,β-unsaturated/α-hetero) is 1. The van der Waals surface area contributed by atoms with Crippen molar-refractivity contribution < 1.29 is 23.9 Å². The van der Waals surface area contributed by atoms with E-state index in [9.17, 15) is 14.4 Å². The van der Waals surface area contributed by atoms with Crippen molar-refractivity contribution >= 4 is 23.9 Å². The monoisotopic (exact) mass is 354 g/mol. The second-order valence-corrected chi connectivity index (χ2v) is 6.62. The van der Waals surface area contributed by atoms with Crippen LogP contribution in [0.3, 0.4) is 0 Å². The Labute approximate surface area is 149 Å². The number of nitrogens with one attached hydrogen (secondary N) is 2. The Balaban J connectivity index is 2.77. The van der Waals surface area contributed by atoms with E-state index in [1.807, 2.05) is 6.92 Å². The van der Waals surface area contributed by atoms with E-state index in [1.165, 1.54) is 0 Å². The van der Waals surface area contributed by atoms with E-state index < -0.39 is 23.9 Å². The van der Waals surface area contributed by atoms with Gasteiger partial charge in [-0.05, 0) is 46.0 Å². The number of hydrogen-bond donors (Lipinski definition) is 2. The molecule has 0 aromatic carbocycles. The molecule has 0 bridgehead atoms. The summed E-state index contributed by atoms with van der Waals surface area (Å²) in [5, 5.41) is 9.65. The molecule has 0 saturated heterocycles. The van der Waals surface area contributed by atoms with E-state index in [1.54, 1.807) is 13.8 Å². The molecule has 0 aromatic rings. The minimum Gasteiger partial charge on any atom is -0.461 e. The van der Waals surface area contributed by atoms with Crippen LogP contribution < -0.4 is 5.32 Å². The Morgan fingerprint density at radius 3 is 2.40 bits per heavy atom. The molecule has 0 unspecified atom stereocenters. The molecule has 0 heterocycles. The first-order chi connectivity index (χ1) is 11.9. The van der Waals surface area contributed by atoms with Gasteiger partial charge in [-0.15, -0.1) is 0 Å². The number of carbonyl (C=O) groups is 3. The lowest BCUT2D eigenvalue weighted by atomic mass is 9.99. The highest BCUT2D eigenvalue weighted by atomic mass is 16.5. The Bertz CT molecular complexity index is 472. The Morgan fingerprint density at radius 1 is 1.24 bits per heavy atom. The summed E-state index contributed by atoms with van der Waals surface area (Å²) in [5.74, 6) is -1.14. The zero-order valence-electron chi connectivity index (χ0n) is 15.4. The van der Waals surface area contributed by atoms with E-state index in [0.29, 0.717) is 12.8 Å². The topological polar surface area (TPSA) is 106 Å². The van der Waals surface area contributed by atoms with Crippen molar-refractivity contribution in [3.05, 3.63) is 0 Å². The lowest BCUT2D eigenvalue weighted by molar-refractivity contribution is -0.153. The fourth-order valence-electron chi connectivity index (χ4n) is 3.04. The fourth-order valence-corrected chi connectivity index (χ4v) is 3.04. The Hall–Kier alpha value is -1.76. The maximum absolute atomic E-state index is 12.7. The Kier molecular flexibility index (Phi) is 9.34. The van der Waals surface area contributed by atoms with Gasteiger partial charge in [0.2, 0.25) is 5.91 Å². The highest BCUT2D eigenvalue weighted by Gasteiger charge is 2.34. The smallest absolute Gasteiger partial charge is 0.328 e. The van der Waals surface area contributed by atoms with Crippen LogP contribution >= 0.6 is 0 Å². The van der Waals surface area contributed by atoms with Crippen molar-refractivity contribution in [1.29, 1.82) is 5.41 Å². The molecule has 1 aliphatic rings. The first-order valence-corrected chi connectivity index (χ1v) is 9.04. The van der Waals surface area contributed by atoms with Gasteiger partial charge in [-0.25, -0.2) is 4.79 Å². The maximum atomic E-state index is 12.7. The normalized spacial score (nSPS) is 17.1. The van der Waals surface area contributed by atoms with Gasteiger partial charge in [-0.3, -0.25) is 9.59 Å². The summed E-state index contributed by atoms with van der Waals surface area (Å²) in [6.07, 6.45) is 3.95. The molecule has 0 radical (unpaired) electrons. The number of ether oxygens (including phenoxy) is 2. The van der Waals surface area contributed by atoms with Gasteiger partial charge in [0.05, 0.1) is 12.3 Å². The molecule has 0 aliphatic heterocycles. The van der Waals surface area contributed by atoms with Crippen LogP contribution in [-0.4, -0.2) is 48.7 Å². The zero-order valence-corrected chi connectivity index (χ0v) is 15.4. The predicted molar refractivity (Wildman–Crippen MR) is 93.6 cm³/mol. The molecule has 7 heteroatoms. The molecule has 1 saturated carbocycles. The molecule has 142 valence electrons. The van der Waals surface area contributed by atoms with Crippen LogP contribution in [0, 0.1) is 11.3 Å². The summed E-state index contributed by atoms with van der Waals surface area (Å²) in [4.78, 5) is 36.3. The number of amides is 1. The molecule has 25 heavy (non-hydrogen) atoms. The number of carbonyl (C=O) groups excluding carboxylic acids is 3. The van der Waals surface area contributed by atoms with Gasteiger partial charge in [0.25, 0.3) is 0 Å². The highest BCUT2D eigenvalue weighted by molar-refractivity contribution is 6.26. The lowest BCUT2D eigenvalue weighted by Gasteiger charge is -2.25. The first kappa shape index (κ1) is 21.3. The van der Waals surface area contributed by atoms with E-state index in [0.717, 1.165) is 25.7 Å². The minimum atomic E-state index is -0.914. The second kappa shape index (κ2) is 11.0. The average Bonchev–Trinajstić information content (AvgIpc) is 3.09. The van der Waals surface area contributed by atoms with Gasteiger partial charge in [0.15, 0.2) is 5.78 Å². The molecule has 0 aromatic heterocycles. The van der Waals surface area contributed by atoms with Crippen molar-refractivity contribution in [3.63, 3.8) is 0 Å². The SMILES string of the molecule is CCO[C@H](C(=O)N[C@@H](CCC(=O)C=N)C(=O)OC(C)C)C1CCCC1. The minimum absolute atomic E-state index is 0.00434. The van der Waals surface area contributed by atoms with Crippen LogP contribution in [0.25, 0.3) is 0 Å². The van der Waals surface area contributed by atoms with Gasteiger partial charge in [0, 0.05) is 13.0 Å². The molecule has 1 amide bonds. The summed E-state index contributed by atoms with van der Waals surface area (Å²) in [6.45, 7) is 5.70. The van der Waals surface area contributed by atoms with Crippen molar-refractivity contribution in [2.24, 2.45) is 5.92 Å². The zero-order chi connectivity index (χ0) is 18.8. The van der Waals surface area contributed by atoms with Crippen molar-refractivity contribution in [1.82, 2.24) is 5.32 Å². The molecular weight excluding hydrogens is 324 g/mol. The third kappa shape index (κ3) is 7.34. The van der Waals surface area contributed by atoms with Crippen LogP contribution in [0.5, 0.6) is 0 Å². The molecule has 7 nitrogen and oxygen atoms in total. The highest BCUT2D eigenvalue weighted by Crippen LogP contribution is 2.29. The van der Waals surface area contributed by atoms with E-state index in [4.69, 9.17) is 14.9 Å². The van der Waals surface area contributed by atoms with E-state index in [2.05, 4.69) is 5.32 Å². The molecular formula is C18H30N2O5. The summed E-state index contributed by atoms with van der Waals surface area (Å²) >= 11 is 0. The average molecular weight is 354 g/mol. The largest absolute Gasteiger partial charge is 0.461 e. The second-order valence-electron chi connectivity index (χ2n) is 6.62. The van der Waals surface area contributed by atoms with Gasteiger partial charge < -0.3 is 20.2 Å². The maximum Gasteiger partial charge on any atom is 0.328 e. The summed E-state index contributed by atoms with van der Waals surface area (Å²) < 4.78 is 10.8. The van der Waals surface area contributed by atoms with Gasteiger partial charge in [0.1, 0.15) is 12.1 Å². The number of ketones is 1. The lowest BCUT2D eigenvalue weighted by Crippen LogP contribution is -2.49. The first-order valence-electron chi connectivity index (χ1n) is 9.04. The van der Waals surface area contributed by atoms with E-state index in [-0.39, 0.29) is 30.8 Å². The third-order valence-electron chi connectivity index (χ3n) is 4.23. The number of hydrogen-bond acceptors (Lipinski definition) is 6. The molecule has 1 rings (SSSR count). The quantitative estimate of drug-likeness (QED) is 0.436. The Morgan fingerprint density at radius 2 is 1.88 bits per heavy atom. The molecule has 2 N–H and O–H groups in total. The van der Waals surface area contributed by atoms with Crippen LogP contribution in [-0.2, 0) is 23.9 Å². The summed E-state index contributed by atoms with van der Waals surface area (Å²) in [6, 6.07) is -0.914. The van der Waals surface area contributed by atoms with Crippen LogP contribution in [0.15, 0.2) is 0 Å². The van der Waals surface area contributed by atoms with Crippen LogP contribution in [0.2, 0.25) is 0 Å². The summed E-state index contributed by atoms with van der Waals surface area (Å²) in [7, 11) is 0. The number of esters is 1. The van der Waals surface area contributed by atoms with E-state index >= 15 is 0 Å². The van der Waals surface area contributed by atoms with Crippen molar-refractivity contribution in [2.75, 3.05) is 6.61 Å². The standard InChI is InChI=1S/C18H30N2O5/c1-4-24-16(13-7-5-6-8-13)17(22)20-15(10-9-14(21)11-19)18(23)25-12(2)3/h11-13,15-16,19H,4-10H2,1-3H3,(H,20,22)/t15-,16-/m0/s1. The van der Waals surface area contributed by atoms with Gasteiger partial charge in [-0.2, -0.15) is 0 Å². The molecule has 1 fully saturated rings. The molecule has 2 atom stereocenters. The summed E-state index contributed by atoms with van der Waals surface area (Å²) in [5.41, 5.74) is 0. The van der Waals surface area contributed by atoms with Gasteiger partial charge in [-0.1, -0.05) is 12.8 Å². The van der Waals surface area contributed by atoms with Gasteiger partial charge >= 0.3 is 5.97 Å². The third-order valence-corrected chi connectivity index (χ3v) is 4.23. The van der Waals surface area contributed by atoms with Crippen LogP contribution in [0.1, 0.15) is 59.3 Å². The predicted octanol–water partition coefficient (Wildman–Crippen LogP) is 2.02.